The molecule has 1 aromatic heterocycles. The van der Waals surface area contributed by atoms with Gasteiger partial charge in [0.15, 0.2) is 0 Å². The van der Waals surface area contributed by atoms with E-state index in [0.717, 1.165) is 13.1 Å². The molecule has 9 heteroatoms. The van der Waals surface area contributed by atoms with Gasteiger partial charge in [-0.3, -0.25) is 0 Å². The fraction of sp³-hybridized carbons (Fsp3) is 0.700. The van der Waals surface area contributed by atoms with E-state index >= 15 is 0 Å². The molecule has 0 aliphatic carbocycles. The molecule has 2 rings (SSSR count). The minimum Gasteiger partial charge on any atom is -0.391 e. The van der Waals surface area contributed by atoms with Gasteiger partial charge in [-0.15, -0.1) is 5.10 Å². The molecule has 2 heterocycles. The molecule has 0 amide bonds. The van der Waals surface area contributed by atoms with E-state index in [9.17, 15) is 0 Å². The number of methoxy groups -OCH3 is 1. The Morgan fingerprint density at radius 3 is 2.79 bits per heavy atom. The van der Waals surface area contributed by atoms with Crippen molar-refractivity contribution in [2.75, 3.05) is 50.7 Å². The summed E-state index contributed by atoms with van der Waals surface area (Å²) in [7, 11) is 1.57. The van der Waals surface area contributed by atoms with Crippen molar-refractivity contribution in [1.82, 2.24) is 14.8 Å². The molecule has 1 saturated heterocycles. The highest BCUT2D eigenvalue weighted by Crippen LogP contribution is 2.17. The number of hydrogen-bond donors (Lipinski definition) is 2. The van der Waals surface area contributed by atoms with Crippen LogP contribution in [0.4, 0.5) is 11.9 Å². The number of nitrogens with zero attached hydrogens (tertiary/aromatic N) is 4. The summed E-state index contributed by atoms with van der Waals surface area (Å²) in [6.45, 7) is 3.11. The molecule has 1 aliphatic heterocycles. The number of aromatic nitrogens is 3. The molecular formula is C10H18N6O2S. The van der Waals surface area contributed by atoms with E-state index in [1.54, 1.807) is 7.11 Å². The van der Waals surface area contributed by atoms with E-state index in [2.05, 4.69) is 10.1 Å². The van der Waals surface area contributed by atoms with Crippen molar-refractivity contribution < 1.29 is 9.47 Å². The van der Waals surface area contributed by atoms with E-state index in [1.807, 2.05) is 4.90 Å². The summed E-state index contributed by atoms with van der Waals surface area (Å²) in [5.41, 5.74) is 11.6. The highest BCUT2D eigenvalue weighted by molar-refractivity contribution is 7.80. The highest BCUT2D eigenvalue weighted by Gasteiger charge is 2.23. The van der Waals surface area contributed by atoms with Crippen LogP contribution in [-0.2, 0) is 9.47 Å². The van der Waals surface area contributed by atoms with Crippen LogP contribution in [0.15, 0.2) is 0 Å². The SMILES string of the molecule is COCC(C(N)=S)n1nc(N2CCOCC2)nc1N. The molecule has 19 heavy (non-hydrogen) atoms. The topological polar surface area (TPSA) is 104 Å². The Labute approximate surface area is 116 Å². The van der Waals surface area contributed by atoms with Crippen LogP contribution in [0.2, 0.25) is 0 Å². The summed E-state index contributed by atoms with van der Waals surface area (Å²) >= 11 is 5.01. The zero-order chi connectivity index (χ0) is 13.8. The summed E-state index contributed by atoms with van der Waals surface area (Å²) < 4.78 is 11.9. The average molecular weight is 286 g/mol. The molecule has 0 spiro atoms. The van der Waals surface area contributed by atoms with E-state index in [4.69, 9.17) is 33.2 Å². The van der Waals surface area contributed by atoms with E-state index in [1.165, 1.54) is 4.68 Å². The summed E-state index contributed by atoms with van der Waals surface area (Å²) in [4.78, 5) is 6.53. The molecule has 1 aliphatic rings. The van der Waals surface area contributed by atoms with Crippen LogP contribution >= 0.6 is 12.2 Å². The maximum Gasteiger partial charge on any atom is 0.246 e. The van der Waals surface area contributed by atoms with Crippen LogP contribution in [0.5, 0.6) is 0 Å². The van der Waals surface area contributed by atoms with Gasteiger partial charge in [-0.1, -0.05) is 12.2 Å². The molecule has 0 bridgehead atoms. The fourth-order valence-electron chi connectivity index (χ4n) is 1.88. The van der Waals surface area contributed by atoms with Gasteiger partial charge in [0.25, 0.3) is 0 Å². The maximum atomic E-state index is 5.88. The van der Waals surface area contributed by atoms with Gasteiger partial charge in [-0.2, -0.15) is 4.98 Å². The second kappa shape index (κ2) is 6.13. The molecule has 0 saturated carbocycles. The third kappa shape index (κ3) is 3.11. The molecule has 1 fully saturated rings. The van der Waals surface area contributed by atoms with Crippen molar-refractivity contribution in [1.29, 1.82) is 0 Å². The van der Waals surface area contributed by atoms with Crippen molar-refractivity contribution >= 4 is 29.1 Å². The number of morpholine rings is 1. The van der Waals surface area contributed by atoms with Crippen molar-refractivity contribution in [3.63, 3.8) is 0 Å². The summed E-state index contributed by atoms with van der Waals surface area (Å²) in [6, 6.07) is -0.387. The zero-order valence-electron chi connectivity index (χ0n) is 10.8. The molecule has 106 valence electrons. The predicted molar refractivity (Wildman–Crippen MR) is 75.2 cm³/mol. The van der Waals surface area contributed by atoms with Crippen LogP contribution in [0.3, 0.4) is 0 Å². The third-order valence-electron chi connectivity index (χ3n) is 2.89. The fourth-order valence-corrected chi connectivity index (χ4v) is 2.05. The first-order valence-electron chi connectivity index (χ1n) is 5.96. The quantitative estimate of drug-likeness (QED) is 0.676. The largest absolute Gasteiger partial charge is 0.391 e. The molecule has 1 unspecified atom stereocenters. The Morgan fingerprint density at radius 1 is 1.53 bits per heavy atom. The standard InChI is InChI=1S/C10H18N6O2S/c1-17-6-7(8(11)19)16-9(12)13-10(14-16)15-2-4-18-5-3-15/h7H,2-6H2,1H3,(H2,11,19)(H2,12,13,14). The van der Waals surface area contributed by atoms with Crippen molar-refractivity contribution in [3.05, 3.63) is 0 Å². The lowest BCUT2D eigenvalue weighted by atomic mass is 10.3. The minimum absolute atomic E-state index is 0.270. The summed E-state index contributed by atoms with van der Waals surface area (Å²) in [5, 5.41) is 4.38. The number of thiocarbonyl (C=S) groups is 1. The lowest BCUT2D eigenvalue weighted by Crippen LogP contribution is -2.37. The summed E-state index contributed by atoms with van der Waals surface area (Å²) in [5.74, 6) is 0.842. The van der Waals surface area contributed by atoms with Gasteiger partial charge >= 0.3 is 0 Å². The molecule has 0 radical (unpaired) electrons. The normalized spacial score (nSPS) is 17.4. The Hall–Kier alpha value is -1.45. The zero-order valence-corrected chi connectivity index (χ0v) is 11.6. The van der Waals surface area contributed by atoms with Crippen LogP contribution in [0, 0.1) is 0 Å². The first-order valence-corrected chi connectivity index (χ1v) is 6.37. The number of rotatable bonds is 5. The van der Waals surface area contributed by atoms with Gasteiger partial charge < -0.3 is 25.8 Å². The Kier molecular flexibility index (Phi) is 4.51. The Balaban J connectivity index is 2.21. The third-order valence-corrected chi connectivity index (χ3v) is 3.16. The molecule has 1 aromatic rings. The minimum atomic E-state index is -0.387. The second-order valence-electron chi connectivity index (χ2n) is 4.19. The van der Waals surface area contributed by atoms with E-state index in [-0.39, 0.29) is 17.0 Å². The number of hydrogen-bond acceptors (Lipinski definition) is 7. The molecule has 0 aromatic carbocycles. The Bertz CT molecular complexity index is 445. The van der Waals surface area contributed by atoms with Gasteiger partial charge in [0, 0.05) is 20.2 Å². The predicted octanol–water partition coefficient (Wildman–Crippen LogP) is -0.829. The van der Waals surface area contributed by atoms with Crippen molar-refractivity contribution in [3.8, 4) is 0 Å². The van der Waals surface area contributed by atoms with Gasteiger partial charge in [-0.05, 0) is 0 Å². The number of nitrogen functional groups attached to an aromatic ring is 1. The summed E-state index contributed by atoms with van der Waals surface area (Å²) in [6.07, 6.45) is 0. The van der Waals surface area contributed by atoms with Crippen LogP contribution in [-0.4, -0.2) is 59.8 Å². The highest BCUT2D eigenvalue weighted by atomic mass is 32.1. The first kappa shape index (κ1) is 14.0. The maximum absolute atomic E-state index is 5.88. The lowest BCUT2D eigenvalue weighted by molar-refractivity contribution is 0.122. The number of anilines is 2. The average Bonchev–Trinajstić information content (AvgIpc) is 2.78. The van der Waals surface area contributed by atoms with Gasteiger partial charge in [-0.25, -0.2) is 4.68 Å². The smallest absolute Gasteiger partial charge is 0.246 e. The Morgan fingerprint density at radius 2 is 2.21 bits per heavy atom. The van der Waals surface area contributed by atoms with Gasteiger partial charge in [0.05, 0.1) is 19.8 Å². The van der Waals surface area contributed by atoms with Crippen LogP contribution in [0.1, 0.15) is 6.04 Å². The van der Waals surface area contributed by atoms with Crippen molar-refractivity contribution in [2.45, 2.75) is 6.04 Å². The molecule has 4 N–H and O–H groups in total. The van der Waals surface area contributed by atoms with Crippen molar-refractivity contribution in [2.24, 2.45) is 5.73 Å². The van der Waals surface area contributed by atoms with Crippen LogP contribution < -0.4 is 16.4 Å². The van der Waals surface area contributed by atoms with Gasteiger partial charge in [0.1, 0.15) is 11.0 Å². The van der Waals surface area contributed by atoms with Crippen LogP contribution in [0.25, 0.3) is 0 Å². The number of nitrogens with two attached hydrogens (primary N) is 2. The molecular weight excluding hydrogens is 268 g/mol. The molecule has 1 atom stereocenters. The first-order chi connectivity index (χ1) is 9.13. The van der Waals surface area contributed by atoms with Gasteiger partial charge in [0.2, 0.25) is 11.9 Å². The number of ether oxygens (including phenoxy) is 2. The second-order valence-corrected chi connectivity index (χ2v) is 4.66. The van der Waals surface area contributed by atoms with E-state index < -0.39 is 0 Å². The molecule has 8 nitrogen and oxygen atoms in total. The lowest BCUT2D eigenvalue weighted by Gasteiger charge is -2.25. The van der Waals surface area contributed by atoms with E-state index in [0.29, 0.717) is 25.8 Å². The monoisotopic (exact) mass is 286 g/mol.